The number of nitrogens with zero attached hydrogens (tertiary/aromatic N) is 5. The number of aryl methyl sites for hydroxylation is 1. The van der Waals surface area contributed by atoms with Crippen molar-refractivity contribution in [1.82, 2.24) is 24.1 Å². The zero-order valence-corrected chi connectivity index (χ0v) is 15.9. The molecule has 0 radical (unpaired) electrons. The first-order chi connectivity index (χ1) is 14.5. The Bertz CT molecular complexity index is 1470. The van der Waals surface area contributed by atoms with Gasteiger partial charge in [-0.25, -0.2) is 23.7 Å². The monoisotopic (exact) mass is 403 g/mol. The van der Waals surface area contributed by atoms with E-state index in [0.29, 0.717) is 22.3 Å². The van der Waals surface area contributed by atoms with Crippen LogP contribution in [0, 0.1) is 11.6 Å². The largest absolute Gasteiger partial charge is 0.334 e. The number of aromatic nitrogens is 5. The maximum Gasteiger partial charge on any atom is 0.269 e. The molecule has 8 heteroatoms. The topological polar surface area (TPSA) is 65.6 Å². The lowest BCUT2D eigenvalue weighted by Crippen LogP contribution is -2.22. The quantitative estimate of drug-likeness (QED) is 0.461. The van der Waals surface area contributed by atoms with E-state index in [4.69, 9.17) is 0 Å². The first-order valence-corrected chi connectivity index (χ1v) is 9.21. The van der Waals surface area contributed by atoms with Crippen LogP contribution in [-0.2, 0) is 13.6 Å². The second-order valence-corrected chi connectivity index (χ2v) is 7.01. The number of hydrogen-bond acceptors (Lipinski definition) is 4. The molecule has 0 saturated carbocycles. The maximum absolute atomic E-state index is 14.9. The summed E-state index contributed by atoms with van der Waals surface area (Å²) in [6.45, 7) is -0.262. The van der Waals surface area contributed by atoms with Crippen molar-refractivity contribution >= 4 is 22.2 Å². The first kappa shape index (κ1) is 18.1. The van der Waals surface area contributed by atoms with Gasteiger partial charge in [-0.2, -0.15) is 0 Å². The molecule has 0 atom stereocenters. The molecular formula is C22H15F2N5O. The van der Waals surface area contributed by atoms with Crippen LogP contribution < -0.4 is 5.56 Å². The third-order valence-electron chi connectivity index (χ3n) is 5.14. The minimum Gasteiger partial charge on any atom is -0.334 e. The zero-order chi connectivity index (χ0) is 20.8. The van der Waals surface area contributed by atoms with Gasteiger partial charge in [-0.15, -0.1) is 0 Å². The van der Waals surface area contributed by atoms with Crippen LogP contribution in [0.15, 0.2) is 66.0 Å². The summed E-state index contributed by atoms with van der Waals surface area (Å²) in [5.74, 6) is -1.45. The van der Waals surface area contributed by atoms with Crippen molar-refractivity contribution in [3.05, 3.63) is 88.7 Å². The molecule has 0 amide bonds. The maximum atomic E-state index is 14.9. The predicted molar refractivity (Wildman–Crippen MR) is 109 cm³/mol. The molecule has 0 aliphatic carbocycles. The van der Waals surface area contributed by atoms with Crippen molar-refractivity contribution in [3.63, 3.8) is 0 Å². The molecule has 5 aromatic rings. The van der Waals surface area contributed by atoms with Crippen molar-refractivity contribution in [2.24, 2.45) is 7.05 Å². The Kier molecular flexibility index (Phi) is 4.13. The van der Waals surface area contributed by atoms with E-state index in [2.05, 4.69) is 15.0 Å². The summed E-state index contributed by atoms with van der Waals surface area (Å²) < 4.78 is 33.0. The lowest BCUT2D eigenvalue weighted by Gasteiger charge is -2.12. The molecule has 6 nitrogen and oxygen atoms in total. The average Bonchev–Trinajstić information content (AvgIpc) is 3.12. The molecule has 3 aromatic heterocycles. The Morgan fingerprint density at radius 3 is 2.53 bits per heavy atom. The van der Waals surface area contributed by atoms with Crippen molar-refractivity contribution in [2.45, 2.75) is 6.54 Å². The van der Waals surface area contributed by atoms with E-state index in [-0.39, 0.29) is 12.1 Å². The Balaban J connectivity index is 1.59. The van der Waals surface area contributed by atoms with Gasteiger partial charge in [-0.1, -0.05) is 6.07 Å². The number of pyridine rings is 1. The van der Waals surface area contributed by atoms with Gasteiger partial charge in [0, 0.05) is 18.8 Å². The van der Waals surface area contributed by atoms with Crippen LogP contribution in [-0.4, -0.2) is 24.1 Å². The minimum absolute atomic E-state index is 0.196. The van der Waals surface area contributed by atoms with E-state index in [1.165, 1.54) is 16.7 Å². The summed E-state index contributed by atoms with van der Waals surface area (Å²) in [6.07, 6.45) is 4.33. The molecule has 5 rings (SSSR count). The van der Waals surface area contributed by atoms with E-state index >= 15 is 0 Å². The van der Waals surface area contributed by atoms with Crippen molar-refractivity contribution < 1.29 is 8.78 Å². The van der Waals surface area contributed by atoms with E-state index in [0.717, 1.165) is 17.2 Å². The van der Waals surface area contributed by atoms with Gasteiger partial charge < -0.3 is 4.57 Å². The molecule has 0 bridgehead atoms. The van der Waals surface area contributed by atoms with E-state index < -0.39 is 17.2 Å². The number of imidazole rings is 1. The van der Waals surface area contributed by atoms with Gasteiger partial charge >= 0.3 is 0 Å². The molecule has 0 aliphatic heterocycles. The number of hydrogen-bond donors (Lipinski definition) is 0. The second kappa shape index (κ2) is 6.84. The molecule has 0 aliphatic rings. The molecule has 0 unspecified atom stereocenters. The highest BCUT2D eigenvalue weighted by atomic mass is 19.1. The highest BCUT2D eigenvalue weighted by Crippen LogP contribution is 2.27. The van der Waals surface area contributed by atoms with Gasteiger partial charge in [0.2, 0.25) is 0 Å². The lowest BCUT2D eigenvalue weighted by molar-refractivity contribution is 0.545. The van der Waals surface area contributed by atoms with Gasteiger partial charge in [-0.05, 0) is 47.5 Å². The Hall–Kier alpha value is -3.94. The predicted octanol–water partition coefficient (Wildman–Crippen LogP) is 3.67. The van der Waals surface area contributed by atoms with Gasteiger partial charge in [0.1, 0.15) is 11.6 Å². The second-order valence-electron chi connectivity index (χ2n) is 7.01. The molecular weight excluding hydrogens is 388 g/mol. The molecule has 3 heterocycles. The summed E-state index contributed by atoms with van der Waals surface area (Å²) in [4.78, 5) is 24.6. The first-order valence-electron chi connectivity index (χ1n) is 9.21. The minimum atomic E-state index is -0.726. The highest BCUT2D eigenvalue weighted by Gasteiger charge is 2.16. The van der Waals surface area contributed by atoms with Gasteiger partial charge in [-0.3, -0.25) is 9.36 Å². The van der Waals surface area contributed by atoms with Crippen LogP contribution in [0.25, 0.3) is 33.3 Å². The van der Waals surface area contributed by atoms with Gasteiger partial charge in [0.05, 0.1) is 35.6 Å². The summed E-state index contributed by atoms with van der Waals surface area (Å²) >= 11 is 0. The number of halogens is 2. The van der Waals surface area contributed by atoms with Crippen LogP contribution in [0.4, 0.5) is 8.78 Å². The Morgan fingerprint density at radius 2 is 1.73 bits per heavy atom. The van der Waals surface area contributed by atoms with Crippen molar-refractivity contribution in [2.75, 3.05) is 0 Å². The zero-order valence-electron chi connectivity index (χ0n) is 15.9. The molecule has 0 fully saturated rings. The van der Waals surface area contributed by atoms with Crippen LogP contribution >= 0.6 is 0 Å². The molecule has 2 aromatic carbocycles. The average molecular weight is 403 g/mol. The smallest absolute Gasteiger partial charge is 0.269 e. The lowest BCUT2D eigenvalue weighted by atomic mass is 10.0. The Morgan fingerprint density at radius 1 is 0.933 bits per heavy atom. The molecule has 0 N–H and O–H groups in total. The molecule has 0 saturated heterocycles. The standard InChI is InChI=1S/C22H15F2N5O/c1-28-12-27-18-5-4-13(9-20(18)28)14-7-16(23)15(17(24)8-14)11-29-19-3-2-6-25-22(19)26-10-21(29)30/h2-10,12H,11H2,1H3. The molecule has 30 heavy (non-hydrogen) atoms. The van der Waals surface area contributed by atoms with Crippen LogP contribution in [0.1, 0.15) is 5.56 Å². The fourth-order valence-electron chi connectivity index (χ4n) is 3.55. The van der Waals surface area contributed by atoms with Crippen LogP contribution in [0.2, 0.25) is 0 Å². The van der Waals surface area contributed by atoms with E-state index in [9.17, 15) is 13.6 Å². The SMILES string of the molecule is Cn1cnc2ccc(-c3cc(F)c(Cn4c(=O)cnc5ncccc54)c(F)c3)cc21. The fraction of sp³-hybridized carbons (Fsp3) is 0.0909. The molecule has 148 valence electrons. The summed E-state index contributed by atoms with van der Waals surface area (Å²) in [5.41, 5.74) is 2.83. The van der Waals surface area contributed by atoms with E-state index in [1.807, 2.05) is 23.7 Å². The number of rotatable bonds is 3. The van der Waals surface area contributed by atoms with E-state index in [1.54, 1.807) is 30.7 Å². The van der Waals surface area contributed by atoms with Gasteiger partial charge in [0.15, 0.2) is 5.65 Å². The Labute approximate surface area is 169 Å². The molecule has 0 spiro atoms. The summed E-state index contributed by atoms with van der Waals surface area (Å²) in [5, 5.41) is 0. The fourth-order valence-corrected chi connectivity index (χ4v) is 3.55. The third kappa shape index (κ3) is 2.93. The number of benzene rings is 2. The highest BCUT2D eigenvalue weighted by molar-refractivity contribution is 5.82. The van der Waals surface area contributed by atoms with Crippen LogP contribution in [0.5, 0.6) is 0 Å². The van der Waals surface area contributed by atoms with Crippen molar-refractivity contribution in [3.8, 4) is 11.1 Å². The summed E-state index contributed by atoms with van der Waals surface area (Å²) in [7, 11) is 1.86. The normalized spacial score (nSPS) is 11.4. The van der Waals surface area contributed by atoms with Crippen LogP contribution in [0.3, 0.4) is 0 Å². The number of fused-ring (bicyclic) bond motifs is 2. The summed E-state index contributed by atoms with van der Waals surface area (Å²) in [6, 6.07) is 11.3. The third-order valence-corrected chi connectivity index (χ3v) is 5.14. The van der Waals surface area contributed by atoms with Crippen molar-refractivity contribution in [1.29, 1.82) is 0 Å². The van der Waals surface area contributed by atoms with Gasteiger partial charge in [0.25, 0.3) is 5.56 Å².